The molecule has 2 N–H and O–H groups in total. The summed E-state index contributed by atoms with van der Waals surface area (Å²) < 4.78 is 61.4. The molecular formula is C10H8ClF3N2O3S. The van der Waals surface area contributed by atoms with Gasteiger partial charge in [0.2, 0.25) is 10.0 Å². The van der Waals surface area contributed by atoms with Gasteiger partial charge in [0.05, 0.1) is 5.56 Å². The smallest absolute Gasteiger partial charge is 0.382 e. The van der Waals surface area contributed by atoms with Gasteiger partial charge < -0.3 is 5.11 Å². The second-order valence-corrected chi connectivity index (χ2v) is 5.83. The maximum Gasteiger partial charge on any atom is 0.415 e. The van der Waals surface area contributed by atoms with Crippen molar-refractivity contribution in [1.29, 1.82) is 5.26 Å². The molecule has 1 rings (SSSR count). The Bertz CT molecular complexity index is 640. The van der Waals surface area contributed by atoms with E-state index >= 15 is 0 Å². The van der Waals surface area contributed by atoms with Crippen LogP contribution in [0.1, 0.15) is 5.56 Å². The van der Waals surface area contributed by atoms with E-state index in [1.807, 2.05) is 0 Å². The SMILES string of the molecule is N#Cc1ccc(Cl)cc1S(=O)(=O)NCC(O)C(F)(F)F. The number of rotatable bonds is 4. The summed E-state index contributed by atoms with van der Waals surface area (Å²) in [4.78, 5) is -0.554. The minimum atomic E-state index is -4.95. The average molecular weight is 329 g/mol. The van der Waals surface area contributed by atoms with Gasteiger partial charge in [0.25, 0.3) is 0 Å². The third kappa shape index (κ3) is 4.08. The fraction of sp³-hybridized carbons (Fsp3) is 0.300. The summed E-state index contributed by atoms with van der Waals surface area (Å²) in [7, 11) is -4.40. The molecule has 1 aromatic rings. The van der Waals surface area contributed by atoms with Crippen LogP contribution in [-0.2, 0) is 10.0 Å². The fourth-order valence-electron chi connectivity index (χ4n) is 1.19. The first kappa shape index (κ1) is 16.7. The summed E-state index contributed by atoms with van der Waals surface area (Å²) in [5.74, 6) is 0. The predicted molar refractivity (Wildman–Crippen MR) is 63.4 cm³/mol. The molecule has 20 heavy (non-hydrogen) atoms. The van der Waals surface area contributed by atoms with E-state index in [0.717, 1.165) is 12.1 Å². The van der Waals surface area contributed by atoms with Crippen molar-refractivity contribution >= 4 is 21.6 Å². The fourth-order valence-corrected chi connectivity index (χ4v) is 2.65. The molecule has 0 radical (unpaired) electrons. The third-order valence-corrected chi connectivity index (χ3v) is 3.90. The topological polar surface area (TPSA) is 90.2 Å². The van der Waals surface area contributed by atoms with Gasteiger partial charge in [0.1, 0.15) is 11.0 Å². The van der Waals surface area contributed by atoms with Crippen LogP contribution in [-0.4, -0.2) is 32.3 Å². The predicted octanol–water partition coefficient (Wildman–Crippen LogP) is 1.41. The molecule has 0 aliphatic rings. The van der Waals surface area contributed by atoms with E-state index in [9.17, 15) is 21.6 Å². The Hall–Kier alpha value is -1.34. The number of nitrogens with one attached hydrogen (secondary N) is 1. The van der Waals surface area contributed by atoms with Crippen molar-refractivity contribution in [1.82, 2.24) is 4.72 Å². The lowest BCUT2D eigenvalue weighted by Crippen LogP contribution is -2.40. The normalized spacial score (nSPS) is 13.8. The van der Waals surface area contributed by atoms with E-state index in [1.165, 1.54) is 6.07 Å². The first-order valence-corrected chi connectivity index (χ1v) is 6.88. The van der Waals surface area contributed by atoms with Gasteiger partial charge in [-0.15, -0.1) is 0 Å². The molecule has 0 fully saturated rings. The molecule has 0 amide bonds. The van der Waals surface area contributed by atoms with Crippen LogP contribution in [0, 0.1) is 11.3 Å². The summed E-state index contributed by atoms with van der Waals surface area (Å²) in [6.07, 6.45) is -7.79. The number of aliphatic hydroxyl groups is 1. The Morgan fingerprint density at radius 1 is 1.45 bits per heavy atom. The zero-order valence-electron chi connectivity index (χ0n) is 9.65. The number of hydrogen-bond donors (Lipinski definition) is 2. The Balaban J connectivity index is 3.02. The number of alkyl halides is 3. The van der Waals surface area contributed by atoms with Gasteiger partial charge in [-0.25, -0.2) is 13.1 Å². The largest absolute Gasteiger partial charge is 0.415 e. The van der Waals surface area contributed by atoms with Crippen LogP contribution in [0.5, 0.6) is 0 Å². The minimum Gasteiger partial charge on any atom is -0.382 e. The van der Waals surface area contributed by atoms with Crippen molar-refractivity contribution in [3.63, 3.8) is 0 Å². The second-order valence-electron chi connectivity index (χ2n) is 3.66. The summed E-state index contributed by atoms with van der Waals surface area (Å²) >= 11 is 5.58. The van der Waals surface area contributed by atoms with Crippen molar-refractivity contribution in [3.8, 4) is 6.07 Å². The number of benzene rings is 1. The van der Waals surface area contributed by atoms with Crippen molar-refractivity contribution in [2.75, 3.05) is 6.54 Å². The van der Waals surface area contributed by atoms with Crippen molar-refractivity contribution in [3.05, 3.63) is 28.8 Å². The van der Waals surface area contributed by atoms with Crippen LogP contribution >= 0.6 is 11.6 Å². The van der Waals surface area contributed by atoms with Crippen LogP contribution in [0.15, 0.2) is 23.1 Å². The molecule has 1 unspecified atom stereocenters. The van der Waals surface area contributed by atoms with Gasteiger partial charge in [0.15, 0.2) is 6.10 Å². The molecule has 0 aliphatic carbocycles. The molecule has 1 atom stereocenters. The van der Waals surface area contributed by atoms with Gasteiger partial charge in [-0.2, -0.15) is 18.4 Å². The zero-order valence-corrected chi connectivity index (χ0v) is 11.2. The average Bonchev–Trinajstić information content (AvgIpc) is 2.34. The lowest BCUT2D eigenvalue weighted by Gasteiger charge is -2.15. The molecule has 0 bridgehead atoms. The highest BCUT2D eigenvalue weighted by Crippen LogP contribution is 2.22. The van der Waals surface area contributed by atoms with Gasteiger partial charge in [-0.05, 0) is 18.2 Å². The van der Waals surface area contributed by atoms with Crippen molar-refractivity contribution in [2.45, 2.75) is 17.2 Å². The standard InChI is InChI=1S/C10H8ClF3N2O3S/c11-7-2-1-6(4-15)8(3-7)20(18,19)16-5-9(17)10(12,13)14/h1-3,9,16-17H,5H2. The second kappa shape index (κ2) is 5.97. The summed E-state index contributed by atoms with van der Waals surface area (Å²) in [6.45, 7) is -1.26. The number of hydrogen-bond acceptors (Lipinski definition) is 4. The van der Waals surface area contributed by atoms with E-state index in [2.05, 4.69) is 0 Å². The van der Waals surface area contributed by atoms with Gasteiger partial charge in [0, 0.05) is 11.6 Å². The number of aliphatic hydroxyl groups excluding tert-OH is 1. The molecule has 0 aromatic heterocycles. The maximum absolute atomic E-state index is 12.1. The summed E-state index contributed by atoms with van der Waals surface area (Å²) in [6, 6.07) is 4.91. The molecule has 5 nitrogen and oxygen atoms in total. The monoisotopic (exact) mass is 328 g/mol. The number of halogens is 4. The highest BCUT2D eigenvalue weighted by atomic mass is 35.5. The van der Waals surface area contributed by atoms with Crippen molar-refractivity contribution < 1.29 is 26.7 Å². The summed E-state index contributed by atoms with van der Waals surface area (Å²) in [5, 5.41) is 17.5. The zero-order chi connectivity index (χ0) is 15.6. The number of nitriles is 1. The van der Waals surface area contributed by atoms with Crippen molar-refractivity contribution in [2.24, 2.45) is 0 Å². The van der Waals surface area contributed by atoms with Gasteiger partial charge in [-0.1, -0.05) is 11.6 Å². The quantitative estimate of drug-likeness (QED) is 0.874. The minimum absolute atomic E-state index is 0.000690. The maximum atomic E-state index is 12.1. The molecule has 1 aromatic carbocycles. The van der Waals surface area contributed by atoms with Gasteiger partial charge in [-0.3, -0.25) is 0 Å². The van der Waals surface area contributed by atoms with Crippen LogP contribution in [0.3, 0.4) is 0 Å². The lowest BCUT2D eigenvalue weighted by molar-refractivity contribution is -0.200. The molecule has 0 aliphatic heterocycles. The first-order valence-electron chi connectivity index (χ1n) is 5.02. The molecular weight excluding hydrogens is 321 g/mol. The van der Waals surface area contributed by atoms with E-state index in [0.29, 0.717) is 0 Å². The Kier molecular flexibility index (Phi) is 4.99. The number of sulfonamides is 1. The van der Waals surface area contributed by atoms with Crippen LogP contribution in [0.4, 0.5) is 13.2 Å². The van der Waals surface area contributed by atoms with Crippen LogP contribution in [0.25, 0.3) is 0 Å². The third-order valence-electron chi connectivity index (χ3n) is 2.20. The van der Waals surface area contributed by atoms with E-state index in [1.54, 1.807) is 10.8 Å². The Labute approximate surface area is 117 Å². The molecule has 0 spiro atoms. The van der Waals surface area contributed by atoms with E-state index in [4.69, 9.17) is 22.0 Å². The van der Waals surface area contributed by atoms with Crippen LogP contribution < -0.4 is 4.72 Å². The van der Waals surface area contributed by atoms with E-state index in [-0.39, 0.29) is 10.6 Å². The highest BCUT2D eigenvalue weighted by Gasteiger charge is 2.38. The molecule has 0 heterocycles. The molecule has 10 heteroatoms. The van der Waals surface area contributed by atoms with E-state index < -0.39 is 33.7 Å². The number of nitrogens with zero attached hydrogens (tertiary/aromatic N) is 1. The molecule has 110 valence electrons. The lowest BCUT2D eigenvalue weighted by atomic mass is 10.2. The molecule has 0 saturated heterocycles. The Morgan fingerprint density at radius 3 is 2.55 bits per heavy atom. The molecule has 0 saturated carbocycles. The van der Waals surface area contributed by atoms with Crippen LogP contribution in [0.2, 0.25) is 5.02 Å². The Morgan fingerprint density at radius 2 is 2.05 bits per heavy atom. The first-order chi connectivity index (χ1) is 9.08. The highest BCUT2D eigenvalue weighted by molar-refractivity contribution is 7.89. The summed E-state index contributed by atoms with van der Waals surface area (Å²) in [5.41, 5.74) is -0.275. The van der Waals surface area contributed by atoms with Gasteiger partial charge >= 0.3 is 6.18 Å².